The van der Waals surface area contributed by atoms with Crippen LogP contribution in [0, 0.1) is 5.82 Å². The number of nitrogens with zero attached hydrogens (tertiary/aromatic N) is 1. The lowest BCUT2D eigenvalue weighted by Crippen LogP contribution is -2.18. The van der Waals surface area contributed by atoms with Crippen molar-refractivity contribution in [2.45, 2.75) is 4.90 Å². The van der Waals surface area contributed by atoms with Gasteiger partial charge in [-0.3, -0.25) is 14.5 Å². The zero-order valence-corrected chi connectivity index (χ0v) is 11.8. The predicted octanol–water partition coefficient (Wildman–Crippen LogP) is 3.18. The van der Waals surface area contributed by atoms with E-state index in [4.69, 9.17) is 0 Å². The van der Waals surface area contributed by atoms with Crippen molar-refractivity contribution in [2.24, 2.45) is 0 Å². The quantitative estimate of drug-likeness (QED) is 0.561. The highest BCUT2D eigenvalue weighted by Crippen LogP contribution is 2.19. The third kappa shape index (κ3) is 2.96. The average molecular weight is 301 g/mol. The van der Waals surface area contributed by atoms with Crippen molar-refractivity contribution in [1.82, 2.24) is 14.7 Å². The van der Waals surface area contributed by atoms with Gasteiger partial charge in [-0.1, -0.05) is 18.2 Å². The van der Waals surface area contributed by atoms with Crippen LogP contribution >= 0.6 is 11.9 Å². The predicted molar refractivity (Wildman–Crippen MR) is 80.7 cm³/mol. The topological polar surface area (TPSA) is 57.8 Å². The number of pyridine rings is 1. The van der Waals surface area contributed by atoms with Gasteiger partial charge in [0.25, 0.3) is 0 Å². The second-order valence-electron chi connectivity index (χ2n) is 4.37. The summed E-state index contributed by atoms with van der Waals surface area (Å²) in [6.07, 6.45) is 1.50. The van der Waals surface area contributed by atoms with Gasteiger partial charge >= 0.3 is 0 Å². The molecule has 0 aliphatic carbocycles. The molecule has 2 aromatic heterocycles. The molecule has 0 unspecified atom stereocenters. The van der Waals surface area contributed by atoms with Gasteiger partial charge < -0.3 is 4.98 Å². The molecule has 4 nitrogen and oxygen atoms in total. The minimum atomic E-state index is -0.595. The van der Waals surface area contributed by atoms with Gasteiger partial charge in [0.2, 0.25) is 0 Å². The van der Waals surface area contributed by atoms with Gasteiger partial charge in [0.1, 0.15) is 11.2 Å². The average Bonchev–Trinajstić information content (AvgIpc) is 2.86. The number of benzene rings is 1. The number of aromatic nitrogens is 2. The van der Waals surface area contributed by atoms with Crippen molar-refractivity contribution in [3.8, 4) is 0 Å². The Morgan fingerprint density at radius 2 is 2.05 bits per heavy atom. The molecule has 6 heteroatoms. The number of ketones is 1. The van der Waals surface area contributed by atoms with Crippen LogP contribution in [0.1, 0.15) is 10.5 Å². The minimum Gasteiger partial charge on any atom is -0.348 e. The second kappa shape index (κ2) is 6.07. The summed E-state index contributed by atoms with van der Waals surface area (Å²) in [4.78, 5) is 19.7. The minimum absolute atomic E-state index is 0.0311. The molecule has 0 atom stereocenters. The van der Waals surface area contributed by atoms with E-state index >= 15 is 0 Å². The van der Waals surface area contributed by atoms with Crippen LogP contribution in [-0.2, 0) is 0 Å². The number of H-pyrrole nitrogens is 1. The molecule has 2 heterocycles. The molecule has 106 valence electrons. The van der Waals surface area contributed by atoms with Gasteiger partial charge in [-0.2, -0.15) is 0 Å². The molecule has 2 N–H and O–H groups in total. The number of aromatic amines is 1. The SMILES string of the molecule is O=C(CNSc1ccccc1)c1[nH]c2cccnc2c1F. The number of rotatable bonds is 5. The molecule has 0 saturated carbocycles. The van der Waals surface area contributed by atoms with E-state index in [-0.39, 0.29) is 23.5 Å². The van der Waals surface area contributed by atoms with Gasteiger partial charge in [-0.15, -0.1) is 0 Å². The van der Waals surface area contributed by atoms with Crippen LogP contribution in [0.5, 0.6) is 0 Å². The maximum absolute atomic E-state index is 14.1. The van der Waals surface area contributed by atoms with Crippen molar-refractivity contribution in [3.63, 3.8) is 0 Å². The molecule has 0 amide bonds. The number of carbonyl (C=O) groups excluding carboxylic acids is 1. The van der Waals surface area contributed by atoms with Crippen LogP contribution in [0.25, 0.3) is 11.0 Å². The Labute approximate surface area is 124 Å². The first-order valence-corrected chi connectivity index (χ1v) is 7.17. The summed E-state index contributed by atoms with van der Waals surface area (Å²) in [5.74, 6) is -0.934. The molecular weight excluding hydrogens is 289 g/mol. The molecule has 1 aromatic carbocycles. The van der Waals surface area contributed by atoms with Crippen molar-refractivity contribution in [3.05, 3.63) is 60.2 Å². The third-order valence-electron chi connectivity index (χ3n) is 2.94. The lowest BCUT2D eigenvalue weighted by atomic mass is 10.3. The van der Waals surface area contributed by atoms with Crippen molar-refractivity contribution >= 4 is 28.8 Å². The molecule has 21 heavy (non-hydrogen) atoms. The highest BCUT2D eigenvalue weighted by molar-refractivity contribution is 7.97. The maximum Gasteiger partial charge on any atom is 0.196 e. The highest BCUT2D eigenvalue weighted by Gasteiger charge is 2.18. The molecule has 0 radical (unpaired) electrons. The van der Waals surface area contributed by atoms with Crippen LogP contribution in [-0.4, -0.2) is 22.3 Å². The summed E-state index contributed by atoms with van der Waals surface area (Å²) >= 11 is 1.33. The number of hydrogen-bond acceptors (Lipinski definition) is 4. The fourth-order valence-corrected chi connectivity index (χ4v) is 2.61. The molecule has 0 aliphatic heterocycles. The Balaban J connectivity index is 1.68. The second-order valence-corrected chi connectivity index (χ2v) is 5.34. The Hall–Kier alpha value is -2.18. The molecule has 0 fully saturated rings. The van der Waals surface area contributed by atoms with E-state index in [2.05, 4.69) is 14.7 Å². The lowest BCUT2D eigenvalue weighted by Gasteiger charge is -2.02. The zero-order chi connectivity index (χ0) is 14.7. The number of nitrogens with one attached hydrogen (secondary N) is 2. The first-order chi connectivity index (χ1) is 10.3. The van der Waals surface area contributed by atoms with Crippen LogP contribution in [0.2, 0.25) is 0 Å². The zero-order valence-electron chi connectivity index (χ0n) is 11.0. The smallest absolute Gasteiger partial charge is 0.196 e. The summed E-state index contributed by atoms with van der Waals surface area (Å²) < 4.78 is 17.0. The van der Waals surface area contributed by atoms with E-state index in [1.54, 1.807) is 12.1 Å². The number of fused-ring (bicyclic) bond motifs is 1. The fraction of sp³-hybridized carbons (Fsp3) is 0.0667. The first-order valence-electron chi connectivity index (χ1n) is 6.36. The van der Waals surface area contributed by atoms with E-state index in [1.807, 2.05) is 30.3 Å². The number of halogens is 1. The van der Waals surface area contributed by atoms with Crippen molar-refractivity contribution in [2.75, 3.05) is 6.54 Å². The van der Waals surface area contributed by atoms with Gasteiger partial charge in [0, 0.05) is 11.1 Å². The Bertz CT molecular complexity index is 773. The van der Waals surface area contributed by atoms with Crippen molar-refractivity contribution < 1.29 is 9.18 Å². The van der Waals surface area contributed by atoms with Gasteiger partial charge in [0.05, 0.1) is 12.1 Å². The van der Waals surface area contributed by atoms with Crippen LogP contribution < -0.4 is 4.72 Å². The van der Waals surface area contributed by atoms with E-state index in [1.165, 1.54) is 18.1 Å². The standard InChI is InChI=1S/C15H12FN3OS/c16-13-14-11(7-4-8-17-14)19-15(13)12(20)9-18-21-10-5-2-1-3-6-10/h1-8,18-19H,9H2. The Morgan fingerprint density at radius 3 is 2.81 bits per heavy atom. The largest absolute Gasteiger partial charge is 0.348 e. The fourth-order valence-electron chi connectivity index (χ4n) is 1.94. The first kappa shape index (κ1) is 13.8. The lowest BCUT2D eigenvalue weighted by molar-refractivity contribution is 0.0990. The van der Waals surface area contributed by atoms with Gasteiger partial charge in [-0.25, -0.2) is 4.39 Å². The molecule has 0 bridgehead atoms. The summed E-state index contributed by atoms with van der Waals surface area (Å²) in [5.41, 5.74) is 0.676. The summed E-state index contributed by atoms with van der Waals surface area (Å²) in [7, 11) is 0. The molecular formula is C15H12FN3OS. The monoisotopic (exact) mass is 301 g/mol. The summed E-state index contributed by atoms with van der Waals surface area (Å²) in [6.45, 7) is 0.0311. The third-order valence-corrected chi connectivity index (χ3v) is 3.74. The number of carbonyl (C=O) groups is 1. The van der Waals surface area contributed by atoms with Gasteiger partial charge in [-0.05, 0) is 36.2 Å². The molecule has 0 saturated heterocycles. The molecule has 3 rings (SSSR count). The molecule has 0 aliphatic rings. The normalized spacial score (nSPS) is 10.9. The summed E-state index contributed by atoms with van der Waals surface area (Å²) in [5, 5.41) is 0. The van der Waals surface area contributed by atoms with E-state index in [0.29, 0.717) is 5.52 Å². The van der Waals surface area contributed by atoms with E-state index < -0.39 is 5.82 Å². The van der Waals surface area contributed by atoms with Gasteiger partial charge in [0.15, 0.2) is 11.6 Å². The number of Topliss-reactive ketones (excluding diaryl/α,β-unsaturated/α-hetero) is 1. The Kier molecular flexibility index (Phi) is 3.98. The summed E-state index contributed by atoms with van der Waals surface area (Å²) in [6, 6.07) is 13.0. The molecule has 3 aromatic rings. The van der Waals surface area contributed by atoms with Crippen LogP contribution in [0.15, 0.2) is 53.6 Å². The maximum atomic E-state index is 14.1. The van der Waals surface area contributed by atoms with E-state index in [0.717, 1.165) is 4.90 Å². The Morgan fingerprint density at radius 1 is 1.24 bits per heavy atom. The van der Waals surface area contributed by atoms with E-state index in [9.17, 15) is 9.18 Å². The highest BCUT2D eigenvalue weighted by atomic mass is 32.2. The van der Waals surface area contributed by atoms with Crippen molar-refractivity contribution in [1.29, 1.82) is 0 Å². The van der Waals surface area contributed by atoms with Crippen LogP contribution in [0.4, 0.5) is 4.39 Å². The molecule has 0 spiro atoms. The van der Waals surface area contributed by atoms with Crippen LogP contribution in [0.3, 0.4) is 0 Å². The number of hydrogen-bond donors (Lipinski definition) is 2.